The average Bonchev–Trinajstić information content (AvgIpc) is 2.47. The van der Waals surface area contributed by atoms with E-state index in [0.717, 1.165) is 32.8 Å². The molecule has 0 aromatic heterocycles. The minimum Gasteiger partial charge on any atom is -0.372 e. The summed E-state index contributed by atoms with van der Waals surface area (Å²) >= 11 is 5.66. The predicted octanol–water partition coefficient (Wildman–Crippen LogP) is 0.325. The third kappa shape index (κ3) is 1.74. The van der Waals surface area contributed by atoms with Gasteiger partial charge in [0.15, 0.2) is 0 Å². The van der Waals surface area contributed by atoms with Gasteiger partial charge >= 0.3 is 0 Å². The van der Waals surface area contributed by atoms with Crippen LogP contribution in [-0.2, 0) is 9.47 Å². The first-order valence-corrected chi connectivity index (χ1v) is 4.95. The molecule has 0 unspecified atom stereocenters. The second kappa shape index (κ2) is 3.92. The van der Waals surface area contributed by atoms with Crippen LogP contribution in [0.2, 0.25) is 0 Å². The van der Waals surface area contributed by atoms with Crippen LogP contribution in [-0.4, -0.2) is 55.8 Å². The molecule has 2 heterocycles. The quantitative estimate of drug-likeness (QED) is 0.587. The van der Waals surface area contributed by atoms with E-state index < -0.39 is 0 Å². The van der Waals surface area contributed by atoms with Crippen LogP contribution in [0.15, 0.2) is 0 Å². The Bertz CT molecular complexity index is 142. The molecule has 0 aliphatic carbocycles. The molecule has 70 valence electrons. The highest BCUT2D eigenvalue weighted by Crippen LogP contribution is 2.19. The van der Waals surface area contributed by atoms with Crippen LogP contribution in [0.3, 0.4) is 0 Å². The van der Waals surface area contributed by atoms with Crippen LogP contribution in [0.1, 0.15) is 0 Å². The van der Waals surface area contributed by atoms with Gasteiger partial charge in [-0.3, -0.25) is 4.90 Å². The summed E-state index contributed by atoms with van der Waals surface area (Å²) < 4.78 is 11.1. The fourth-order valence-corrected chi connectivity index (χ4v) is 2.08. The van der Waals surface area contributed by atoms with Crippen LogP contribution in [0, 0.1) is 0 Å². The van der Waals surface area contributed by atoms with Gasteiger partial charge in [-0.05, 0) is 0 Å². The molecule has 4 heteroatoms. The van der Waals surface area contributed by atoms with Gasteiger partial charge in [-0.2, -0.15) is 0 Å². The van der Waals surface area contributed by atoms with Crippen molar-refractivity contribution >= 4 is 11.6 Å². The summed E-state index contributed by atoms with van der Waals surface area (Å²) in [5.74, 6) is 0.694. The highest BCUT2D eigenvalue weighted by Gasteiger charge is 2.35. The van der Waals surface area contributed by atoms with Gasteiger partial charge in [0.2, 0.25) is 0 Å². The number of halogens is 1. The van der Waals surface area contributed by atoms with Gasteiger partial charge in [-0.1, -0.05) is 0 Å². The Balaban J connectivity index is 1.85. The number of ether oxygens (including phenoxy) is 2. The summed E-state index contributed by atoms with van der Waals surface area (Å²) in [5.41, 5.74) is 0. The number of alkyl halides is 1. The molecule has 0 N–H and O–H groups in total. The molecule has 12 heavy (non-hydrogen) atoms. The number of likely N-dealkylation sites (tertiary alicyclic amines) is 1. The van der Waals surface area contributed by atoms with Gasteiger partial charge in [-0.25, -0.2) is 0 Å². The van der Waals surface area contributed by atoms with Crippen molar-refractivity contribution in [1.82, 2.24) is 4.90 Å². The summed E-state index contributed by atoms with van der Waals surface area (Å²) in [6.07, 6.45) is 0.587. The maximum atomic E-state index is 5.66. The Morgan fingerprint density at radius 2 is 1.75 bits per heavy atom. The molecular formula is C8H14ClNO2. The normalized spacial score (nSPS) is 36.8. The molecule has 0 aromatic carbocycles. The van der Waals surface area contributed by atoms with Crippen molar-refractivity contribution in [2.75, 3.05) is 38.7 Å². The van der Waals surface area contributed by atoms with Crippen molar-refractivity contribution in [3.05, 3.63) is 0 Å². The first-order valence-electron chi connectivity index (χ1n) is 4.41. The zero-order chi connectivity index (χ0) is 8.39. The lowest BCUT2D eigenvalue weighted by atomic mass is 10.2. The molecule has 0 saturated carbocycles. The molecule has 2 saturated heterocycles. The van der Waals surface area contributed by atoms with E-state index in [9.17, 15) is 0 Å². The maximum Gasteiger partial charge on any atom is 0.0976 e. The topological polar surface area (TPSA) is 21.7 Å². The van der Waals surface area contributed by atoms with E-state index in [1.165, 1.54) is 0 Å². The second-order valence-electron chi connectivity index (χ2n) is 3.27. The minimum atomic E-state index is 0.293. The van der Waals surface area contributed by atoms with E-state index in [1.54, 1.807) is 0 Å². The van der Waals surface area contributed by atoms with Crippen LogP contribution >= 0.6 is 11.6 Å². The predicted molar refractivity (Wildman–Crippen MR) is 46.6 cm³/mol. The van der Waals surface area contributed by atoms with Crippen LogP contribution in [0.4, 0.5) is 0 Å². The van der Waals surface area contributed by atoms with Gasteiger partial charge in [0.25, 0.3) is 0 Å². The molecule has 0 bridgehead atoms. The lowest BCUT2D eigenvalue weighted by Gasteiger charge is -2.24. The fraction of sp³-hybridized carbons (Fsp3) is 1.00. The minimum absolute atomic E-state index is 0.293. The first kappa shape index (κ1) is 8.75. The van der Waals surface area contributed by atoms with Crippen LogP contribution in [0.5, 0.6) is 0 Å². The largest absolute Gasteiger partial charge is 0.372 e. The van der Waals surface area contributed by atoms with Crippen LogP contribution in [0.25, 0.3) is 0 Å². The Kier molecular flexibility index (Phi) is 2.86. The molecule has 2 atom stereocenters. The molecular weight excluding hydrogens is 178 g/mol. The Hall–Kier alpha value is 0.170. The van der Waals surface area contributed by atoms with E-state index in [-0.39, 0.29) is 0 Å². The Morgan fingerprint density at radius 3 is 2.25 bits per heavy atom. The third-order valence-corrected chi connectivity index (χ3v) is 2.61. The standard InChI is InChI=1S/C8H14ClNO2/c9-1-2-10-5-7-8(6-10)12-4-3-11-7/h7-8H,1-6H2/t7-,8+. The monoisotopic (exact) mass is 191 g/mol. The smallest absolute Gasteiger partial charge is 0.0976 e. The number of fused-ring (bicyclic) bond motifs is 1. The Labute approximate surface area is 77.6 Å². The third-order valence-electron chi connectivity index (χ3n) is 2.44. The molecule has 0 aromatic rings. The van der Waals surface area contributed by atoms with Crippen molar-refractivity contribution in [2.45, 2.75) is 12.2 Å². The lowest BCUT2D eigenvalue weighted by molar-refractivity contribution is -0.116. The highest BCUT2D eigenvalue weighted by molar-refractivity contribution is 6.18. The zero-order valence-corrected chi connectivity index (χ0v) is 7.79. The number of hydrogen-bond donors (Lipinski definition) is 0. The van der Waals surface area contributed by atoms with Gasteiger partial charge in [-0.15, -0.1) is 11.6 Å². The summed E-state index contributed by atoms with van der Waals surface area (Å²) in [7, 11) is 0. The molecule has 0 spiro atoms. The van der Waals surface area contributed by atoms with Gasteiger partial charge in [0.1, 0.15) is 0 Å². The van der Waals surface area contributed by atoms with Crippen LogP contribution < -0.4 is 0 Å². The molecule has 0 amide bonds. The fourth-order valence-electron chi connectivity index (χ4n) is 1.84. The van der Waals surface area contributed by atoms with Crippen molar-refractivity contribution in [2.24, 2.45) is 0 Å². The number of nitrogens with zero attached hydrogens (tertiary/aromatic N) is 1. The van der Waals surface area contributed by atoms with Gasteiger partial charge < -0.3 is 9.47 Å². The van der Waals surface area contributed by atoms with Crippen molar-refractivity contribution in [3.8, 4) is 0 Å². The molecule has 2 aliphatic rings. The Morgan fingerprint density at radius 1 is 1.17 bits per heavy atom. The molecule has 3 nitrogen and oxygen atoms in total. The molecule has 2 rings (SSSR count). The molecule has 2 aliphatic heterocycles. The van der Waals surface area contributed by atoms with Crippen molar-refractivity contribution in [1.29, 1.82) is 0 Å². The van der Waals surface area contributed by atoms with Gasteiger partial charge in [0.05, 0.1) is 25.4 Å². The van der Waals surface area contributed by atoms with Gasteiger partial charge in [0, 0.05) is 25.5 Å². The second-order valence-corrected chi connectivity index (χ2v) is 3.65. The average molecular weight is 192 g/mol. The summed E-state index contributed by atoms with van der Waals surface area (Å²) in [6.45, 7) is 4.40. The lowest BCUT2D eigenvalue weighted by Crippen LogP contribution is -2.36. The number of hydrogen-bond acceptors (Lipinski definition) is 3. The molecule has 2 fully saturated rings. The molecule has 0 radical (unpaired) electrons. The number of rotatable bonds is 2. The van der Waals surface area contributed by atoms with E-state index in [1.807, 2.05) is 0 Å². The van der Waals surface area contributed by atoms with Crippen molar-refractivity contribution in [3.63, 3.8) is 0 Å². The summed E-state index contributed by atoms with van der Waals surface area (Å²) in [6, 6.07) is 0. The van der Waals surface area contributed by atoms with E-state index >= 15 is 0 Å². The first-order chi connectivity index (χ1) is 5.90. The zero-order valence-electron chi connectivity index (χ0n) is 7.04. The summed E-state index contributed by atoms with van der Waals surface area (Å²) in [4.78, 5) is 2.30. The van der Waals surface area contributed by atoms with E-state index in [0.29, 0.717) is 18.1 Å². The van der Waals surface area contributed by atoms with Crippen molar-refractivity contribution < 1.29 is 9.47 Å². The highest BCUT2D eigenvalue weighted by atomic mass is 35.5. The maximum absolute atomic E-state index is 5.66. The van der Waals surface area contributed by atoms with E-state index in [2.05, 4.69) is 4.90 Å². The summed E-state index contributed by atoms with van der Waals surface area (Å²) in [5, 5.41) is 0. The van der Waals surface area contributed by atoms with E-state index in [4.69, 9.17) is 21.1 Å². The SMILES string of the molecule is ClCCN1C[C@@H]2OCCO[C@@H]2C1.